The summed E-state index contributed by atoms with van der Waals surface area (Å²) in [6, 6.07) is 16.1. The summed E-state index contributed by atoms with van der Waals surface area (Å²) in [7, 11) is 0. The first-order valence-electron chi connectivity index (χ1n) is 6.64. The normalized spacial score (nSPS) is 12.4. The van der Waals surface area contributed by atoms with Crippen molar-refractivity contribution < 1.29 is 5.11 Å². The molecule has 0 amide bonds. The predicted octanol–water partition coefficient (Wildman–Crippen LogP) is 4.70. The molecule has 0 radical (unpaired) electrons. The second-order valence-electron chi connectivity index (χ2n) is 4.96. The van der Waals surface area contributed by atoms with Gasteiger partial charge in [0.2, 0.25) is 0 Å². The monoisotopic (exact) mass is 274 g/mol. The molecule has 0 aliphatic rings. The van der Waals surface area contributed by atoms with Gasteiger partial charge in [-0.1, -0.05) is 48.0 Å². The Morgan fingerprint density at radius 1 is 1.11 bits per heavy atom. The zero-order valence-electron chi connectivity index (χ0n) is 11.1. The van der Waals surface area contributed by atoms with E-state index >= 15 is 0 Å². The fourth-order valence-corrected chi connectivity index (χ4v) is 2.57. The third-order valence-electron chi connectivity index (χ3n) is 3.24. The van der Waals surface area contributed by atoms with Gasteiger partial charge in [-0.3, -0.25) is 0 Å². The van der Waals surface area contributed by atoms with Crippen molar-refractivity contribution in [2.45, 2.75) is 32.3 Å². The Hall–Kier alpha value is -1.31. The first kappa shape index (κ1) is 14.1. The Labute approximate surface area is 119 Å². The van der Waals surface area contributed by atoms with Gasteiger partial charge in [0, 0.05) is 5.02 Å². The SMILES string of the molecule is Cc1cc(Cl)cc(C(O)CCCc2ccccc2)c1. The largest absolute Gasteiger partial charge is 0.388 e. The number of hydrogen-bond acceptors (Lipinski definition) is 1. The van der Waals surface area contributed by atoms with Gasteiger partial charge in [-0.25, -0.2) is 0 Å². The third kappa shape index (κ3) is 4.38. The van der Waals surface area contributed by atoms with Crippen LogP contribution in [-0.2, 0) is 6.42 Å². The molecule has 2 aromatic carbocycles. The summed E-state index contributed by atoms with van der Waals surface area (Å²) in [6.07, 6.45) is 2.30. The van der Waals surface area contributed by atoms with Crippen LogP contribution >= 0.6 is 11.6 Å². The Bertz CT molecular complexity index is 502. The topological polar surface area (TPSA) is 20.2 Å². The molecule has 1 unspecified atom stereocenters. The van der Waals surface area contributed by atoms with Gasteiger partial charge < -0.3 is 5.11 Å². The van der Waals surface area contributed by atoms with E-state index in [0.29, 0.717) is 5.02 Å². The molecule has 1 nitrogen and oxygen atoms in total. The minimum atomic E-state index is -0.430. The summed E-state index contributed by atoms with van der Waals surface area (Å²) in [4.78, 5) is 0. The van der Waals surface area contributed by atoms with Crippen LogP contribution in [0, 0.1) is 6.92 Å². The van der Waals surface area contributed by atoms with Gasteiger partial charge in [-0.15, -0.1) is 0 Å². The zero-order chi connectivity index (χ0) is 13.7. The molecule has 0 aromatic heterocycles. The maximum Gasteiger partial charge on any atom is 0.0790 e. The standard InChI is InChI=1S/C17H19ClO/c1-13-10-15(12-16(18)11-13)17(19)9-5-8-14-6-3-2-4-7-14/h2-4,6-7,10-12,17,19H,5,8-9H2,1H3. The van der Waals surface area contributed by atoms with Crippen molar-refractivity contribution in [3.8, 4) is 0 Å². The predicted molar refractivity (Wildman–Crippen MR) is 80.5 cm³/mol. The Morgan fingerprint density at radius 3 is 2.53 bits per heavy atom. The highest BCUT2D eigenvalue weighted by Gasteiger charge is 2.08. The summed E-state index contributed by atoms with van der Waals surface area (Å²) in [6.45, 7) is 1.99. The molecule has 0 bridgehead atoms. The van der Waals surface area contributed by atoms with E-state index in [4.69, 9.17) is 11.6 Å². The number of aliphatic hydroxyl groups is 1. The van der Waals surface area contributed by atoms with E-state index < -0.39 is 6.10 Å². The average molecular weight is 275 g/mol. The fraction of sp³-hybridized carbons (Fsp3) is 0.294. The minimum absolute atomic E-state index is 0.430. The molecule has 2 heteroatoms. The van der Waals surface area contributed by atoms with Crippen LogP contribution in [0.15, 0.2) is 48.5 Å². The average Bonchev–Trinajstić information content (AvgIpc) is 2.38. The van der Waals surface area contributed by atoms with Crippen molar-refractivity contribution in [1.29, 1.82) is 0 Å². The zero-order valence-corrected chi connectivity index (χ0v) is 11.9. The summed E-state index contributed by atoms with van der Waals surface area (Å²) in [5, 5.41) is 10.9. The lowest BCUT2D eigenvalue weighted by molar-refractivity contribution is 0.164. The van der Waals surface area contributed by atoms with Crippen LogP contribution in [0.3, 0.4) is 0 Å². The van der Waals surface area contributed by atoms with Gasteiger partial charge in [0.15, 0.2) is 0 Å². The first-order valence-corrected chi connectivity index (χ1v) is 7.02. The van der Waals surface area contributed by atoms with Crippen molar-refractivity contribution in [3.05, 3.63) is 70.2 Å². The number of hydrogen-bond donors (Lipinski definition) is 1. The van der Waals surface area contributed by atoms with Crippen molar-refractivity contribution >= 4 is 11.6 Å². The summed E-state index contributed by atoms with van der Waals surface area (Å²) >= 11 is 6.01. The van der Waals surface area contributed by atoms with Gasteiger partial charge in [0.25, 0.3) is 0 Å². The highest BCUT2D eigenvalue weighted by molar-refractivity contribution is 6.30. The van der Waals surface area contributed by atoms with E-state index in [0.717, 1.165) is 30.4 Å². The van der Waals surface area contributed by atoms with Gasteiger partial charge in [-0.05, 0) is 55.0 Å². The van der Waals surface area contributed by atoms with Crippen molar-refractivity contribution in [2.75, 3.05) is 0 Å². The molecule has 2 rings (SSSR count). The van der Waals surface area contributed by atoms with Crippen LogP contribution in [0.4, 0.5) is 0 Å². The summed E-state index contributed by atoms with van der Waals surface area (Å²) in [5.74, 6) is 0. The molecule has 0 heterocycles. The number of aryl methyl sites for hydroxylation is 2. The van der Waals surface area contributed by atoms with Gasteiger partial charge in [0.05, 0.1) is 6.10 Å². The highest BCUT2D eigenvalue weighted by Crippen LogP contribution is 2.24. The molecule has 0 spiro atoms. The molecule has 1 atom stereocenters. The molecule has 0 saturated heterocycles. The fourth-order valence-electron chi connectivity index (χ4n) is 2.27. The van der Waals surface area contributed by atoms with Crippen LogP contribution in [0.2, 0.25) is 5.02 Å². The van der Waals surface area contributed by atoms with Crippen LogP contribution in [0.25, 0.3) is 0 Å². The molecule has 100 valence electrons. The van der Waals surface area contributed by atoms with Crippen LogP contribution in [0.5, 0.6) is 0 Å². The van der Waals surface area contributed by atoms with E-state index in [1.807, 2.05) is 43.3 Å². The molecular formula is C17H19ClO. The lowest BCUT2D eigenvalue weighted by atomic mass is 10.00. The quantitative estimate of drug-likeness (QED) is 0.837. The first-order chi connectivity index (χ1) is 9.15. The maximum atomic E-state index is 10.2. The summed E-state index contributed by atoms with van der Waals surface area (Å²) < 4.78 is 0. The molecular weight excluding hydrogens is 256 g/mol. The van der Waals surface area contributed by atoms with Crippen LogP contribution in [-0.4, -0.2) is 5.11 Å². The van der Waals surface area contributed by atoms with E-state index in [1.165, 1.54) is 5.56 Å². The molecule has 19 heavy (non-hydrogen) atoms. The Balaban J connectivity index is 1.89. The Morgan fingerprint density at radius 2 is 1.84 bits per heavy atom. The second-order valence-corrected chi connectivity index (χ2v) is 5.39. The lowest BCUT2D eigenvalue weighted by Crippen LogP contribution is -1.99. The van der Waals surface area contributed by atoms with E-state index in [-0.39, 0.29) is 0 Å². The van der Waals surface area contributed by atoms with E-state index in [1.54, 1.807) is 0 Å². The highest BCUT2D eigenvalue weighted by atomic mass is 35.5. The smallest absolute Gasteiger partial charge is 0.0790 e. The van der Waals surface area contributed by atoms with Crippen LogP contribution < -0.4 is 0 Å². The molecule has 0 fully saturated rings. The van der Waals surface area contributed by atoms with Crippen molar-refractivity contribution in [2.24, 2.45) is 0 Å². The van der Waals surface area contributed by atoms with Crippen LogP contribution in [0.1, 0.15) is 35.6 Å². The summed E-state index contributed by atoms with van der Waals surface area (Å²) in [5.41, 5.74) is 3.32. The lowest BCUT2D eigenvalue weighted by Gasteiger charge is -2.12. The van der Waals surface area contributed by atoms with E-state index in [9.17, 15) is 5.11 Å². The molecule has 0 aliphatic carbocycles. The molecule has 0 aliphatic heterocycles. The third-order valence-corrected chi connectivity index (χ3v) is 3.45. The number of halogens is 1. The van der Waals surface area contributed by atoms with Crippen molar-refractivity contribution in [1.82, 2.24) is 0 Å². The van der Waals surface area contributed by atoms with Gasteiger partial charge in [-0.2, -0.15) is 0 Å². The number of aliphatic hydroxyl groups excluding tert-OH is 1. The number of rotatable bonds is 5. The minimum Gasteiger partial charge on any atom is -0.388 e. The Kier molecular flexibility index (Phi) is 5.00. The maximum absolute atomic E-state index is 10.2. The van der Waals surface area contributed by atoms with Crippen molar-refractivity contribution in [3.63, 3.8) is 0 Å². The number of benzene rings is 2. The van der Waals surface area contributed by atoms with E-state index in [2.05, 4.69) is 12.1 Å². The molecule has 1 N–H and O–H groups in total. The van der Waals surface area contributed by atoms with Gasteiger partial charge in [0.1, 0.15) is 0 Å². The van der Waals surface area contributed by atoms with Gasteiger partial charge >= 0.3 is 0 Å². The second kappa shape index (κ2) is 6.74. The molecule has 2 aromatic rings. The molecule has 0 saturated carbocycles.